The Labute approximate surface area is 146 Å². The second-order valence-corrected chi connectivity index (χ2v) is 5.91. The van der Waals surface area contributed by atoms with E-state index in [-0.39, 0.29) is 12.4 Å². The van der Waals surface area contributed by atoms with Crippen LogP contribution >= 0.6 is 11.3 Å². The van der Waals surface area contributed by atoms with Crippen LogP contribution in [0.1, 0.15) is 11.1 Å². The second-order valence-electron chi connectivity index (χ2n) is 5.06. The SMILES string of the molecule is Nc1csc(NN=Cc2cccc(COc3cc(F)ccc3F)c2)n1. The van der Waals surface area contributed by atoms with Gasteiger partial charge in [-0.05, 0) is 29.3 Å². The van der Waals surface area contributed by atoms with Crippen LogP contribution in [0.3, 0.4) is 0 Å². The van der Waals surface area contributed by atoms with Crippen molar-refractivity contribution in [3.05, 3.63) is 70.6 Å². The Kier molecular flexibility index (Phi) is 5.20. The fourth-order valence-electron chi connectivity index (χ4n) is 2.01. The van der Waals surface area contributed by atoms with E-state index in [1.807, 2.05) is 24.3 Å². The number of hydrogen-bond acceptors (Lipinski definition) is 6. The number of hydrazone groups is 1. The minimum Gasteiger partial charge on any atom is -0.486 e. The molecule has 0 saturated heterocycles. The molecule has 0 bridgehead atoms. The predicted molar refractivity (Wildman–Crippen MR) is 94.9 cm³/mol. The molecule has 1 aromatic heterocycles. The molecule has 0 amide bonds. The molecule has 0 saturated carbocycles. The van der Waals surface area contributed by atoms with Crippen molar-refractivity contribution in [2.45, 2.75) is 6.61 Å². The number of rotatable bonds is 6. The van der Waals surface area contributed by atoms with E-state index in [1.165, 1.54) is 11.3 Å². The van der Waals surface area contributed by atoms with Crippen LogP contribution < -0.4 is 15.9 Å². The predicted octanol–water partition coefficient (Wildman–Crippen LogP) is 4.03. The van der Waals surface area contributed by atoms with Gasteiger partial charge in [-0.2, -0.15) is 5.10 Å². The third-order valence-electron chi connectivity index (χ3n) is 3.13. The van der Waals surface area contributed by atoms with Crippen molar-refractivity contribution in [1.82, 2.24) is 4.98 Å². The van der Waals surface area contributed by atoms with E-state index in [1.54, 1.807) is 11.6 Å². The van der Waals surface area contributed by atoms with Crippen LogP contribution in [0.5, 0.6) is 5.75 Å². The Bertz CT molecular complexity index is 898. The zero-order valence-electron chi connectivity index (χ0n) is 12.9. The number of halogens is 2. The third kappa shape index (κ3) is 4.74. The van der Waals surface area contributed by atoms with Gasteiger partial charge in [0, 0.05) is 11.4 Å². The van der Waals surface area contributed by atoms with Crippen LogP contribution in [0, 0.1) is 11.6 Å². The minimum absolute atomic E-state index is 0.110. The summed E-state index contributed by atoms with van der Waals surface area (Å²) in [5, 5.41) is 6.38. The summed E-state index contributed by atoms with van der Waals surface area (Å²) in [6, 6.07) is 10.4. The molecule has 0 aliphatic carbocycles. The summed E-state index contributed by atoms with van der Waals surface area (Å²) in [7, 11) is 0. The number of nitrogens with zero attached hydrogens (tertiary/aromatic N) is 2. The second kappa shape index (κ2) is 7.71. The molecule has 0 radical (unpaired) electrons. The summed E-state index contributed by atoms with van der Waals surface area (Å²) in [4.78, 5) is 4.02. The quantitative estimate of drug-likeness (QED) is 0.514. The summed E-state index contributed by atoms with van der Waals surface area (Å²) in [6.07, 6.45) is 1.61. The van der Waals surface area contributed by atoms with Gasteiger partial charge in [0.05, 0.1) is 6.21 Å². The summed E-state index contributed by atoms with van der Waals surface area (Å²) in [5.74, 6) is -0.842. The van der Waals surface area contributed by atoms with E-state index in [0.29, 0.717) is 10.9 Å². The molecule has 1 heterocycles. The van der Waals surface area contributed by atoms with Crippen LogP contribution in [0.4, 0.5) is 19.7 Å². The summed E-state index contributed by atoms with van der Waals surface area (Å²) in [5.41, 5.74) is 9.92. The fourth-order valence-corrected chi connectivity index (χ4v) is 2.56. The van der Waals surface area contributed by atoms with Crippen LogP contribution in [-0.2, 0) is 6.61 Å². The molecule has 0 atom stereocenters. The maximum absolute atomic E-state index is 13.5. The fraction of sp³-hybridized carbons (Fsp3) is 0.0588. The summed E-state index contributed by atoms with van der Waals surface area (Å²) in [6.45, 7) is 0.110. The molecule has 0 aliphatic rings. The molecular formula is C17H14F2N4OS. The summed E-state index contributed by atoms with van der Waals surface area (Å²) < 4.78 is 32.0. The first-order chi connectivity index (χ1) is 12.1. The van der Waals surface area contributed by atoms with E-state index in [2.05, 4.69) is 15.5 Å². The first kappa shape index (κ1) is 16.8. The standard InChI is InChI=1S/C17H14F2N4OS/c18-13-4-5-14(19)15(7-13)24-9-12-3-1-2-11(6-12)8-21-23-17-22-16(20)10-25-17/h1-8,10H,9,20H2,(H,22,23). The number of nitrogens with one attached hydrogen (secondary N) is 1. The van der Waals surface area contributed by atoms with Gasteiger partial charge in [-0.3, -0.25) is 5.43 Å². The zero-order chi connectivity index (χ0) is 17.6. The van der Waals surface area contributed by atoms with Gasteiger partial charge in [0.25, 0.3) is 0 Å². The third-order valence-corrected chi connectivity index (χ3v) is 3.90. The highest BCUT2D eigenvalue weighted by Gasteiger charge is 2.05. The molecule has 0 aliphatic heterocycles. The number of anilines is 2. The number of thiazole rings is 1. The lowest BCUT2D eigenvalue weighted by molar-refractivity contribution is 0.288. The first-order valence-corrected chi connectivity index (χ1v) is 8.15. The van der Waals surface area contributed by atoms with Gasteiger partial charge >= 0.3 is 0 Å². The summed E-state index contributed by atoms with van der Waals surface area (Å²) >= 11 is 1.35. The Balaban J connectivity index is 1.62. The smallest absolute Gasteiger partial charge is 0.205 e. The van der Waals surface area contributed by atoms with Gasteiger partial charge in [-0.1, -0.05) is 18.2 Å². The average molecular weight is 360 g/mol. The molecule has 0 fully saturated rings. The highest BCUT2D eigenvalue weighted by atomic mass is 32.1. The lowest BCUT2D eigenvalue weighted by Gasteiger charge is -2.08. The number of ether oxygens (including phenoxy) is 1. The van der Waals surface area contributed by atoms with Crippen LogP contribution in [0.25, 0.3) is 0 Å². The molecule has 25 heavy (non-hydrogen) atoms. The molecular weight excluding hydrogens is 346 g/mol. The largest absolute Gasteiger partial charge is 0.486 e. The van der Waals surface area contributed by atoms with Crippen molar-refractivity contribution in [3.8, 4) is 5.75 Å². The Morgan fingerprint density at radius 3 is 2.92 bits per heavy atom. The number of aromatic nitrogens is 1. The van der Waals surface area contributed by atoms with E-state index < -0.39 is 11.6 Å². The van der Waals surface area contributed by atoms with Gasteiger partial charge in [0.15, 0.2) is 11.6 Å². The highest BCUT2D eigenvalue weighted by Crippen LogP contribution is 2.19. The molecule has 128 valence electrons. The van der Waals surface area contributed by atoms with Crippen molar-refractivity contribution in [1.29, 1.82) is 0 Å². The zero-order valence-corrected chi connectivity index (χ0v) is 13.8. The first-order valence-electron chi connectivity index (χ1n) is 7.27. The molecule has 0 spiro atoms. The van der Waals surface area contributed by atoms with Crippen molar-refractivity contribution in [3.63, 3.8) is 0 Å². The average Bonchev–Trinajstić information content (AvgIpc) is 3.01. The van der Waals surface area contributed by atoms with Crippen LogP contribution in [0.15, 0.2) is 52.9 Å². The highest BCUT2D eigenvalue weighted by molar-refractivity contribution is 7.14. The number of hydrogen-bond donors (Lipinski definition) is 2. The van der Waals surface area contributed by atoms with Gasteiger partial charge in [0.2, 0.25) is 5.13 Å². The molecule has 2 aromatic carbocycles. The topological polar surface area (TPSA) is 72.5 Å². The number of nitrogens with two attached hydrogens (primary N) is 1. The van der Waals surface area contributed by atoms with E-state index in [9.17, 15) is 8.78 Å². The molecule has 8 heteroatoms. The van der Waals surface area contributed by atoms with Crippen LogP contribution in [0.2, 0.25) is 0 Å². The van der Waals surface area contributed by atoms with Crippen LogP contribution in [-0.4, -0.2) is 11.2 Å². The molecule has 3 rings (SSSR count). The number of nitrogen functional groups attached to an aromatic ring is 1. The van der Waals surface area contributed by atoms with E-state index in [0.717, 1.165) is 29.3 Å². The van der Waals surface area contributed by atoms with Crippen molar-refractivity contribution < 1.29 is 13.5 Å². The Hall–Kier alpha value is -3.00. The van der Waals surface area contributed by atoms with E-state index >= 15 is 0 Å². The van der Waals surface area contributed by atoms with Crippen molar-refractivity contribution in [2.75, 3.05) is 11.2 Å². The van der Waals surface area contributed by atoms with Crippen molar-refractivity contribution in [2.24, 2.45) is 5.10 Å². The van der Waals surface area contributed by atoms with Gasteiger partial charge in [-0.25, -0.2) is 13.8 Å². The maximum Gasteiger partial charge on any atom is 0.205 e. The molecule has 5 nitrogen and oxygen atoms in total. The van der Waals surface area contributed by atoms with E-state index in [4.69, 9.17) is 10.5 Å². The Morgan fingerprint density at radius 1 is 1.24 bits per heavy atom. The maximum atomic E-state index is 13.5. The molecule has 3 N–H and O–H groups in total. The van der Waals surface area contributed by atoms with Crippen molar-refractivity contribution >= 4 is 28.5 Å². The lowest BCUT2D eigenvalue weighted by Crippen LogP contribution is -1.99. The molecule has 3 aromatic rings. The van der Waals surface area contributed by atoms with Gasteiger partial charge < -0.3 is 10.5 Å². The lowest BCUT2D eigenvalue weighted by atomic mass is 10.1. The number of benzene rings is 2. The molecule has 0 unspecified atom stereocenters. The van der Waals surface area contributed by atoms with Gasteiger partial charge in [0.1, 0.15) is 18.2 Å². The minimum atomic E-state index is -0.606. The monoisotopic (exact) mass is 360 g/mol. The Morgan fingerprint density at radius 2 is 2.12 bits per heavy atom. The van der Waals surface area contributed by atoms with Gasteiger partial charge in [-0.15, -0.1) is 11.3 Å². The normalized spacial score (nSPS) is 11.0.